The van der Waals surface area contributed by atoms with Crippen molar-refractivity contribution < 1.29 is 14.6 Å². The molecule has 1 aliphatic carbocycles. The molecule has 0 atom stereocenters. The highest BCUT2D eigenvalue weighted by atomic mass is 35.5. The lowest BCUT2D eigenvalue weighted by atomic mass is 9.82. The summed E-state index contributed by atoms with van der Waals surface area (Å²) in [6, 6.07) is 13.4. The van der Waals surface area contributed by atoms with Gasteiger partial charge in [-0.15, -0.1) is 0 Å². The monoisotopic (exact) mass is 660 g/mol. The minimum absolute atomic E-state index is 0.0850. The lowest BCUT2D eigenvalue weighted by Crippen LogP contribution is -2.39. The smallest absolute Gasteiger partial charge is 0.274 e. The van der Waals surface area contributed by atoms with Crippen molar-refractivity contribution in [3.8, 4) is 28.3 Å². The molecule has 46 heavy (non-hydrogen) atoms. The molecule has 0 unspecified atom stereocenters. The molecular formula is C35H38Cl2N6O3. The number of aryl methyl sites for hydroxylation is 1. The summed E-state index contributed by atoms with van der Waals surface area (Å²) < 4.78 is 5.59. The number of nitrogens with zero attached hydrogens (tertiary/aromatic N) is 4. The van der Waals surface area contributed by atoms with Crippen LogP contribution < -0.4 is 15.4 Å². The average molecular weight is 662 g/mol. The first kappa shape index (κ1) is 32.3. The molecule has 9 nitrogen and oxygen atoms in total. The number of benzene rings is 2. The molecule has 1 aliphatic heterocycles. The molecule has 6 rings (SSSR count). The van der Waals surface area contributed by atoms with Crippen LogP contribution in [0.1, 0.15) is 52.8 Å². The van der Waals surface area contributed by atoms with Crippen LogP contribution >= 0.6 is 23.2 Å². The number of aliphatic hydroxyl groups is 1. The number of β-amino-alcohol motifs (C(OH)–C–C–N with tert-alkyl or cyclic N) is 1. The van der Waals surface area contributed by atoms with Crippen molar-refractivity contribution in [3.63, 3.8) is 0 Å². The highest BCUT2D eigenvalue weighted by molar-refractivity contribution is 6.39. The van der Waals surface area contributed by atoms with Gasteiger partial charge in [-0.25, -0.2) is 9.97 Å². The number of carbonyl (C=O) groups is 1. The van der Waals surface area contributed by atoms with Crippen LogP contribution in [0.5, 0.6) is 5.88 Å². The Morgan fingerprint density at radius 2 is 1.83 bits per heavy atom. The molecule has 1 fully saturated rings. The zero-order valence-corrected chi connectivity index (χ0v) is 27.8. The average Bonchev–Trinajstić information content (AvgIpc) is 3.04. The van der Waals surface area contributed by atoms with E-state index in [1.807, 2.05) is 43.3 Å². The number of pyridine rings is 1. The second-order valence-electron chi connectivity index (χ2n) is 12.2. The molecule has 2 aromatic carbocycles. The molecular weight excluding hydrogens is 623 g/mol. The van der Waals surface area contributed by atoms with Gasteiger partial charge in [0.2, 0.25) is 5.88 Å². The third kappa shape index (κ3) is 6.75. The first-order valence-corrected chi connectivity index (χ1v) is 16.4. The molecule has 3 N–H and O–H groups in total. The topological polar surface area (TPSA) is 112 Å². The van der Waals surface area contributed by atoms with Crippen molar-refractivity contribution in [2.75, 3.05) is 32.1 Å². The van der Waals surface area contributed by atoms with Gasteiger partial charge < -0.3 is 20.5 Å². The lowest BCUT2D eigenvalue weighted by Gasteiger charge is -2.33. The fraction of sp³-hybridized carbons (Fsp3) is 0.371. The standard InChI is InChI=1S/C35H38Cl2N6O3/c1-20-14-22(15-20)38-18-30-35(46-3)42-29(17-39-30)26-8-4-6-24(32(26)36)25-7-5-9-27(33(25)37)41-34(45)28-16-21(2)23-10-11-43(12-13-44)19-31(23)40-28/h4-9,16-17,20,22,38,44H,10-15,18-19H2,1-3H3,(H,41,45). The first-order chi connectivity index (χ1) is 22.2. The maximum absolute atomic E-state index is 13.4. The summed E-state index contributed by atoms with van der Waals surface area (Å²) in [4.78, 5) is 29.7. The molecule has 11 heteroatoms. The summed E-state index contributed by atoms with van der Waals surface area (Å²) in [6.07, 6.45) is 4.88. The number of carbonyl (C=O) groups excluding carboxylic acids is 1. The second kappa shape index (κ2) is 14.0. The summed E-state index contributed by atoms with van der Waals surface area (Å²) in [5.41, 5.74) is 7.19. The van der Waals surface area contributed by atoms with E-state index in [9.17, 15) is 9.90 Å². The van der Waals surface area contributed by atoms with Gasteiger partial charge in [-0.2, -0.15) is 0 Å². The summed E-state index contributed by atoms with van der Waals surface area (Å²) >= 11 is 13.9. The fourth-order valence-electron chi connectivity index (χ4n) is 6.33. The van der Waals surface area contributed by atoms with E-state index in [0.717, 1.165) is 41.4 Å². The van der Waals surface area contributed by atoms with Crippen LogP contribution in [-0.2, 0) is 19.5 Å². The van der Waals surface area contributed by atoms with Gasteiger partial charge in [0, 0.05) is 48.9 Å². The molecule has 2 aliphatic rings. The van der Waals surface area contributed by atoms with Gasteiger partial charge in [-0.1, -0.05) is 60.5 Å². The number of ether oxygens (including phenoxy) is 1. The van der Waals surface area contributed by atoms with Crippen molar-refractivity contribution >= 4 is 34.8 Å². The third-order valence-electron chi connectivity index (χ3n) is 8.88. The van der Waals surface area contributed by atoms with Crippen LogP contribution in [0.4, 0.5) is 5.69 Å². The Morgan fingerprint density at radius 3 is 2.57 bits per heavy atom. The molecule has 0 saturated heterocycles. The number of halogens is 2. The lowest BCUT2D eigenvalue weighted by molar-refractivity contribution is 0.102. The zero-order chi connectivity index (χ0) is 32.4. The number of hydrogen-bond donors (Lipinski definition) is 3. The van der Waals surface area contributed by atoms with E-state index in [2.05, 4.69) is 27.4 Å². The van der Waals surface area contributed by atoms with E-state index in [0.29, 0.717) is 75.4 Å². The van der Waals surface area contributed by atoms with E-state index < -0.39 is 0 Å². The summed E-state index contributed by atoms with van der Waals surface area (Å²) in [7, 11) is 1.59. The number of aromatic nitrogens is 3. The molecule has 1 saturated carbocycles. The maximum atomic E-state index is 13.4. The molecule has 0 spiro atoms. The van der Waals surface area contributed by atoms with Crippen molar-refractivity contribution in [3.05, 3.63) is 86.9 Å². The Balaban J connectivity index is 1.23. The summed E-state index contributed by atoms with van der Waals surface area (Å²) in [5.74, 6) is 0.856. The Bertz CT molecular complexity index is 1760. The first-order valence-electron chi connectivity index (χ1n) is 15.6. The number of aliphatic hydroxyl groups excluding tert-OH is 1. The Kier molecular flexibility index (Phi) is 9.86. The van der Waals surface area contributed by atoms with Gasteiger partial charge in [0.15, 0.2) is 0 Å². The Morgan fingerprint density at radius 1 is 1.09 bits per heavy atom. The zero-order valence-electron chi connectivity index (χ0n) is 26.2. The minimum Gasteiger partial charge on any atom is -0.480 e. The number of fused-ring (bicyclic) bond motifs is 1. The van der Waals surface area contributed by atoms with E-state index in [4.69, 9.17) is 37.9 Å². The quantitative estimate of drug-likeness (QED) is 0.181. The largest absolute Gasteiger partial charge is 0.480 e. The highest BCUT2D eigenvalue weighted by Gasteiger charge is 2.26. The number of methoxy groups -OCH3 is 1. The molecule has 3 heterocycles. The summed E-state index contributed by atoms with van der Waals surface area (Å²) in [6.45, 7) is 6.95. The number of hydrogen-bond acceptors (Lipinski definition) is 8. The van der Waals surface area contributed by atoms with Crippen LogP contribution in [0.3, 0.4) is 0 Å². The Labute approximate surface area is 279 Å². The number of anilines is 1. The predicted octanol–water partition coefficient (Wildman–Crippen LogP) is 6.32. The molecule has 2 aromatic heterocycles. The van der Waals surface area contributed by atoms with Gasteiger partial charge in [-0.3, -0.25) is 14.7 Å². The molecule has 4 aromatic rings. The van der Waals surface area contributed by atoms with E-state index in [1.54, 1.807) is 19.4 Å². The van der Waals surface area contributed by atoms with Crippen LogP contribution in [0.25, 0.3) is 22.4 Å². The van der Waals surface area contributed by atoms with Gasteiger partial charge >= 0.3 is 0 Å². The molecule has 1 amide bonds. The second-order valence-corrected chi connectivity index (χ2v) is 12.9. The van der Waals surface area contributed by atoms with Crippen molar-refractivity contribution in [2.45, 2.75) is 52.2 Å². The van der Waals surface area contributed by atoms with Crippen LogP contribution in [0.15, 0.2) is 48.7 Å². The normalized spacial score (nSPS) is 17.7. The summed E-state index contributed by atoms with van der Waals surface area (Å²) in [5, 5.41) is 16.7. The predicted molar refractivity (Wildman–Crippen MR) is 181 cm³/mol. The van der Waals surface area contributed by atoms with Gasteiger partial charge in [0.1, 0.15) is 11.4 Å². The number of amides is 1. The SMILES string of the molecule is COc1nc(-c2cccc(-c3cccc(NC(=O)c4cc(C)c5c(n4)CN(CCO)CC5)c3Cl)c2Cl)cnc1CNC1CC(C)C1. The fourth-order valence-corrected chi connectivity index (χ4v) is 6.93. The number of nitrogens with one attached hydrogen (secondary N) is 2. The van der Waals surface area contributed by atoms with Crippen LogP contribution in [0, 0.1) is 12.8 Å². The Hall–Kier alpha value is -3.60. The molecule has 0 bridgehead atoms. The van der Waals surface area contributed by atoms with E-state index >= 15 is 0 Å². The van der Waals surface area contributed by atoms with E-state index in [-0.39, 0.29) is 12.5 Å². The van der Waals surface area contributed by atoms with E-state index in [1.165, 1.54) is 12.8 Å². The minimum atomic E-state index is -0.354. The number of rotatable bonds is 10. The van der Waals surface area contributed by atoms with Crippen LogP contribution in [0.2, 0.25) is 10.0 Å². The third-order valence-corrected chi connectivity index (χ3v) is 9.70. The van der Waals surface area contributed by atoms with Crippen molar-refractivity contribution in [1.29, 1.82) is 0 Å². The van der Waals surface area contributed by atoms with Gasteiger partial charge in [0.05, 0.1) is 47.0 Å². The maximum Gasteiger partial charge on any atom is 0.274 e. The highest BCUT2D eigenvalue weighted by Crippen LogP contribution is 2.41. The van der Waals surface area contributed by atoms with Crippen molar-refractivity contribution in [2.24, 2.45) is 5.92 Å². The van der Waals surface area contributed by atoms with Crippen molar-refractivity contribution in [1.82, 2.24) is 25.2 Å². The van der Waals surface area contributed by atoms with Gasteiger partial charge in [0.25, 0.3) is 5.91 Å². The molecule has 240 valence electrons. The van der Waals surface area contributed by atoms with Gasteiger partial charge in [-0.05, 0) is 55.4 Å². The van der Waals surface area contributed by atoms with Crippen LogP contribution in [-0.4, -0.2) is 63.7 Å². The molecule has 0 radical (unpaired) electrons.